The fraction of sp³-hybridized carbons (Fsp3) is 0.308. The van der Waals surface area contributed by atoms with Crippen LogP contribution in [0.25, 0.3) is 0 Å². The van der Waals surface area contributed by atoms with E-state index in [0.717, 1.165) is 4.31 Å². The maximum absolute atomic E-state index is 12.2. The summed E-state index contributed by atoms with van der Waals surface area (Å²) in [5, 5.41) is 6.21. The van der Waals surface area contributed by atoms with Crippen LogP contribution in [0.3, 0.4) is 0 Å². The van der Waals surface area contributed by atoms with Gasteiger partial charge in [0.15, 0.2) is 5.82 Å². The Morgan fingerprint density at radius 1 is 1.39 bits per heavy atom. The Hall–Kier alpha value is -1.78. The Labute approximate surface area is 142 Å². The Bertz CT molecular complexity index is 832. The van der Waals surface area contributed by atoms with E-state index in [-0.39, 0.29) is 22.9 Å². The first-order chi connectivity index (χ1) is 10.7. The number of sulfonamides is 1. The predicted molar refractivity (Wildman–Crippen MR) is 85.2 cm³/mol. The smallest absolute Gasteiger partial charge is 0.251 e. The van der Waals surface area contributed by atoms with Crippen molar-refractivity contribution in [1.82, 2.24) is 19.8 Å². The summed E-state index contributed by atoms with van der Waals surface area (Å²) in [6.07, 6.45) is 0. The molecular weight excluding hydrogens is 388 g/mol. The summed E-state index contributed by atoms with van der Waals surface area (Å²) in [5.74, 6) is 0.301. The summed E-state index contributed by atoms with van der Waals surface area (Å²) in [7, 11) is -0.816. The van der Waals surface area contributed by atoms with E-state index in [1.807, 2.05) is 0 Å². The van der Waals surface area contributed by atoms with Crippen LogP contribution in [0.5, 0.6) is 0 Å². The second-order valence-electron chi connectivity index (χ2n) is 4.85. The second-order valence-corrected chi connectivity index (χ2v) is 7.83. The summed E-state index contributed by atoms with van der Waals surface area (Å²) in [6.45, 7) is 1.73. The largest absolute Gasteiger partial charge is 0.343 e. The molecule has 0 fully saturated rings. The summed E-state index contributed by atoms with van der Waals surface area (Å²) in [4.78, 5) is 16.1. The number of nitrogens with one attached hydrogen (secondary N) is 1. The standard InChI is InChI=1S/C13H15BrN4O4S/c1-8-16-12(22-17-8)7-15-13(19)9-4-5-10(14)11(6-9)23(20,21)18(2)3/h4-6H,7H2,1-3H3,(H,15,19). The normalized spacial score (nSPS) is 11.7. The molecule has 10 heteroatoms. The quantitative estimate of drug-likeness (QED) is 0.808. The number of aryl methyl sites for hydroxylation is 1. The molecule has 0 spiro atoms. The van der Waals surface area contributed by atoms with Gasteiger partial charge in [-0.25, -0.2) is 12.7 Å². The van der Waals surface area contributed by atoms with Crippen LogP contribution in [0.15, 0.2) is 32.1 Å². The highest BCUT2D eigenvalue weighted by molar-refractivity contribution is 9.10. The number of rotatable bonds is 5. The van der Waals surface area contributed by atoms with Gasteiger partial charge in [-0.15, -0.1) is 0 Å². The van der Waals surface area contributed by atoms with Crippen molar-refractivity contribution in [1.29, 1.82) is 0 Å². The SMILES string of the molecule is Cc1noc(CNC(=O)c2ccc(Br)c(S(=O)(=O)N(C)C)c2)n1. The van der Waals surface area contributed by atoms with Crippen molar-refractivity contribution in [2.45, 2.75) is 18.4 Å². The van der Waals surface area contributed by atoms with E-state index in [4.69, 9.17) is 4.52 Å². The number of benzene rings is 1. The van der Waals surface area contributed by atoms with Crippen molar-refractivity contribution in [3.05, 3.63) is 40.0 Å². The van der Waals surface area contributed by atoms with Crippen LogP contribution in [0.4, 0.5) is 0 Å². The molecule has 2 aromatic rings. The zero-order valence-electron chi connectivity index (χ0n) is 12.7. The summed E-state index contributed by atoms with van der Waals surface area (Å²) < 4.78 is 30.8. The van der Waals surface area contributed by atoms with Crippen molar-refractivity contribution >= 4 is 31.9 Å². The highest BCUT2D eigenvalue weighted by Crippen LogP contribution is 2.25. The number of carbonyl (C=O) groups is 1. The van der Waals surface area contributed by atoms with Crippen LogP contribution in [0.2, 0.25) is 0 Å². The van der Waals surface area contributed by atoms with Gasteiger partial charge in [-0.2, -0.15) is 4.98 Å². The molecule has 0 radical (unpaired) electrons. The second kappa shape index (κ2) is 6.77. The van der Waals surface area contributed by atoms with Gasteiger partial charge in [0.25, 0.3) is 5.91 Å². The molecule has 1 N–H and O–H groups in total. The van der Waals surface area contributed by atoms with Gasteiger partial charge in [0.2, 0.25) is 15.9 Å². The van der Waals surface area contributed by atoms with Gasteiger partial charge >= 0.3 is 0 Å². The van der Waals surface area contributed by atoms with Crippen LogP contribution in [-0.4, -0.2) is 42.9 Å². The lowest BCUT2D eigenvalue weighted by molar-refractivity contribution is 0.0946. The zero-order chi connectivity index (χ0) is 17.2. The minimum atomic E-state index is -3.66. The third-order valence-corrected chi connectivity index (χ3v) is 5.73. The van der Waals surface area contributed by atoms with Gasteiger partial charge in [-0.1, -0.05) is 5.16 Å². The van der Waals surface area contributed by atoms with Gasteiger partial charge in [0, 0.05) is 24.1 Å². The van der Waals surface area contributed by atoms with E-state index >= 15 is 0 Å². The molecular formula is C13H15BrN4O4S. The topological polar surface area (TPSA) is 105 Å². The summed E-state index contributed by atoms with van der Waals surface area (Å²) >= 11 is 3.19. The molecule has 0 saturated heterocycles. The minimum Gasteiger partial charge on any atom is -0.343 e. The molecule has 1 amide bonds. The monoisotopic (exact) mass is 402 g/mol. The van der Waals surface area contributed by atoms with Gasteiger partial charge in [0.1, 0.15) is 0 Å². The number of hydrogen-bond donors (Lipinski definition) is 1. The predicted octanol–water partition coefficient (Wildman–Crippen LogP) is 1.32. The van der Waals surface area contributed by atoms with E-state index in [9.17, 15) is 13.2 Å². The molecule has 0 unspecified atom stereocenters. The minimum absolute atomic E-state index is 0.0174. The number of nitrogens with zero attached hydrogens (tertiary/aromatic N) is 3. The van der Waals surface area contributed by atoms with E-state index in [2.05, 4.69) is 31.4 Å². The Morgan fingerprint density at radius 3 is 2.65 bits per heavy atom. The first-order valence-corrected chi connectivity index (χ1v) is 8.74. The molecule has 2 rings (SSSR count). The lowest BCUT2D eigenvalue weighted by atomic mass is 10.2. The molecule has 124 valence electrons. The molecule has 0 aliphatic carbocycles. The van der Waals surface area contributed by atoms with Crippen LogP contribution >= 0.6 is 15.9 Å². The van der Waals surface area contributed by atoms with E-state index < -0.39 is 15.9 Å². The highest BCUT2D eigenvalue weighted by atomic mass is 79.9. The number of aromatic nitrogens is 2. The molecule has 0 atom stereocenters. The van der Waals surface area contributed by atoms with E-state index in [1.165, 1.54) is 32.3 Å². The summed E-state index contributed by atoms with van der Waals surface area (Å²) in [5.41, 5.74) is 0.213. The molecule has 1 aromatic heterocycles. The fourth-order valence-electron chi connectivity index (χ4n) is 1.71. The first kappa shape index (κ1) is 17.6. The molecule has 1 aromatic carbocycles. The molecule has 0 bridgehead atoms. The number of carbonyl (C=O) groups excluding carboxylic acids is 1. The van der Waals surface area contributed by atoms with Crippen molar-refractivity contribution in [2.24, 2.45) is 0 Å². The van der Waals surface area contributed by atoms with Gasteiger partial charge < -0.3 is 9.84 Å². The van der Waals surface area contributed by atoms with Gasteiger partial charge in [-0.3, -0.25) is 4.79 Å². The van der Waals surface area contributed by atoms with Gasteiger partial charge in [-0.05, 0) is 41.1 Å². The van der Waals surface area contributed by atoms with Crippen LogP contribution in [0, 0.1) is 6.92 Å². The molecule has 8 nitrogen and oxygen atoms in total. The first-order valence-electron chi connectivity index (χ1n) is 6.51. The van der Waals surface area contributed by atoms with Crippen molar-refractivity contribution in [3.8, 4) is 0 Å². The Kier molecular flexibility index (Phi) is 5.17. The van der Waals surface area contributed by atoms with E-state index in [0.29, 0.717) is 10.3 Å². The van der Waals surface area contributed by atoms with Crippen molar-refractivity contribution in [3.63, 3.8) is 0 Å². The molecule has 0 saturated carbocycles. The average Bonchev–Trinajstić information content (AvgIpc) is 2.90. The molecule has 1 heterocycles. The highest BCUT2D eigenvalue weighted by Gasteiger charge is 2.22. The molecule has 0 aliphatic heterocycles. The van der Waals surface area contributed by atoms with Crippen molar-refractivity contribution in [2.75, 3.05) is 14.1 Å². The van der Waals surface area contributed by atoms with Crippen molar-refractivity contribution < 1.29 is 17.7 Å². The maximum Gasteiger partial charge on any atom is 0.251 e. The van der Waals surface area contributed by atoms with Crippen LogP contribution in [-0.2, 0) is 16.6 Å². The van der Waals surface area contributed by atoms with Gasteiger partial charge in [0.05, 0.1) is 11.4 Å². The maximum atomic E-state index is 12.2. The molecule has 23 heavy (non-hydrogen) atoms. The van der Waals surface area contributed by atoms with E-state index in [1.54, 1.807) is 6.92 Å². The third-order valence-electron chi connectivity index (χ3n) is 2.92. The van der Waals surface area contributed by atoms with Crippen LogP contribution in [0.1, 0.15) is 22.1 Å². The number of hydrogen-bond acceptors (Lipinski definition) is 6. The fourth-order valence-corrected chi connectivity index (χ4v) is 3.55. The number of amides is 1. The Morgan fingerprint density at radius 2 is 2.09 bits per heavy atom. The summed E-state index contributed by atoms with van der Waals surface area (Å²) in [6, 6.07) is 4.35. The number of halogens is 1. The average molecular weight is 403 g/mol. The lowest BCUT2D eigenvalue weighted by Gasteiger charge is -2.13. The Balaban J connectivity index is 2.21. The molecule has 0 aliphatic rings. The lowest BCUT2D eigenvalue weighted by Crippen LogP contribution is -2.25. The zero-order valence-corrected chi connectivity index (χ0v) is 15.1. The third kappa shape index (κ3) is 3.95. The van der Waals surface area contributed by atoms with Crippen LogP contribution < -0.4 is 5.32 Å².